The Morgan fingerprint density at radius 2 is 0.521 bits per heavy atom. The molecule has 0 N–H and O–H groups in total. The van der Waals surface area contributed by atoms with Crippen molar-refractivity contribution in [2.24, 2.45) is 0 Å². The van der Waals surface area contributed by atoms with E-state index in [4.69, 9.17) is 58.9 Å². The molecule has 0 fully saturated rings. The summed E-state index contributed by atoms with van der Waals surface area (Å²) < 4.78 is 48.4. The smallest absolute Gasteiger partial charge is 0.115 e. The van der Waals surface area contributed by atoms with Crippen molar-refractivity contribution in [3.8, 4) is 48.6 Å². The zero-order valence-electron chi connectivity index (χ0n) is 27.0. The van der Waals surface area contributed by atoms with Crippen molar-refractivity contribution < 1.29 is 37.9 Å². The van der Waals surface area contributed by atoms with Crippen molar-refractivity contribution in [2.45, 2.75) is 88.0 Å². The van der Waals surface area contributed by atoms with Gasteiger partial charge in [-0.3, -0.25) is 0 Å². The van der Waals surface area contributed by atoms with Crippen LogP contribution in [0.2, 0.25) is 0 Å². The fourth-order valence-electron chi connectivity index (χ4n) is 4.17. The Kier molecular flexibility index (Phi) is 29.6. The molecule has 0 aliphatic heterocycles. The Morgan fingerprint density at radius 3 is 0.792 bits per heavy atom. The highest BCUT2D eigenvalue weighted by atomic mass is 16.6. The van der Waals surface area contributed by atoms with Gasteiger partial charge < -0.3 is 37.9 Å². The molecule has 0 heterocycles. The second-order valence-electron chi connectivity index (χ2n) is 9.57. The van der Waals surface area contributed by atoms with Gasteiger partial charge in [0.25, 0.3) is 0 Å². The second-order valence-corrected chi connectivity index (χ2v) is 9.57. The molecule has 0 saturated carbocycles. The lowest BCUT2D eigenvalue weighted by atomic mass is 9.95. The largest absolute Gasteiger partial charge is 0.378 e. The molecule has 0 amide bonds. The van der Waals surface area contributed by atoms with Crippen molar-refractivity contribution in [2.75, 3.05) is 66.1 Å². The molecule has 16 heteroatoms. The highest BCUT2D eigenvalue weighted by Gasteiger charge is 2.45. The van der Waals surface area contributed by atoms with E-state index >= 15 is 0 Å². The molecule has 0 aromatic heterocycles. The van der Waals surface area contributed by atoms with Crippen LogP contribution in [0, 0.1) is 90.6 Å². The molecule has 16 nitrogen and oxygen atoms in total. The second kappa shape index (κ2) is 32.5. The first kappa shape index (κ1) is 43.6. The number of nitrogens with zero attached hydrogens (tertiary/aromatic N) is 8. The van der Waals surface area contributed by atoms with Crippen LogP contribution in [0.3, 0.4) is 0 Å². The number of hydrogen-bond donors (Lipinski definition) is 0. The zero-order chi connectivity index (χ0) is 35.5. The van der Waals surface area contributed by atoms with Crippen LogP contribution >= 0.6 is 0 Å². The molecule has 258 valence electrons. The van der Waals surface area contributed by atoms with Crippen molar-refractivity contribution in [3.63, 3.8) is 0 Å². The van der Waals surface area contributed by atoms with Crippen molar-refractivity contribution in [1.82, 2.24) is 0 Å². The van der Waals surface area contributed by atoms with Gasteiger partial charge >= 0.3 is 0 Å². The van der Waals surface area contributed by atoms with Crippen LogP contribution in [-0.4, -0.2) is 103 Å². The molecule has 0 saturated heterocycles. The van der Waals surface area contributed by atoms with Gasteiger partial charge in [0.2, 0.25) is 0 Å². The van der Waals surface area contributed by atoms with E-state index in [1.807, 2.05) is 48.6 Å². The molecular weight excluding hydrogens is 624 g/mol. The minimum absolute atomic E-state index is 0.0176. The highest BCUT2D eigenvalue weighted by Crippen LogP contribution is 2.26. The Bertz CT molecular complexity index is 1090. The molecule has 0 aromatic carbocycles. The van der Waals surface area contributed by atoms with Gasteiger partial charge in [-0.2, -0.15) is 42.1 Å². The predicted octanol–water partition coefficient (Wildman–Crippen LogP) is 2.64. The van der Waals surface area contributed by atoms with Crippen LogP contribution < -0.4 is 0 Å². The van der Waals surface area contributed by atoms with E-state index in [1.165, 1.54) is 0 Å². The van der Waals surface area contributed by atoms with Crippen molar-refractivity contribution in [1.29, 1.82) is 42.1 Å². The third-order valence-electron chi connectivity index (χ3n) is 6.17. The van der Waals surface area contributed by atoms with Crippen molar-refractivity contribution in [3.05, 3.63) is 0 Å². The summed E-state index contributed by atoms with van der Waals surface area (Å²) in [5.41, 5.74) is 0. The minimum Gasteiger partial charge on any atom is -0.378 e. The summed E-state index contributed by atoms with van der Waals surface area (Å²) in [6, 6.07) is 16.0. The van der Waals surface area contributed by atoms with Gasteiger partial charge in [0, 0.05) is 0 Å². The quantitative estimate of drug-likeness (QED) is 0.0962. The number of rotatable bonds is 31. The van der Waals surface area contributed by atoms with Crippen LogP contribution in [-0.2, 0) is 37.9 Å². The summed E-state index contributed by atoms with van der Waals surface area (Å²) in [6.07, 6.45) is -6.27. The maximum absolute atomic E-state index is 9.32. The molecule has 48 heavy (non-hydrogen) atoms. The maximum atomic E-state index is 9.32. The summed E-state index contributed by atoms with van der Waals surface area (Å²) in [5.74, 6) is 0. The van der Waals surface area contributed by atoms with Gasteiger partial charge in [0.05, 0.1) is 166 Å². The number of nitriles is 8. The van der Waals surface area contributed by atoms with Crippen LogP contribution in [0.5, 0.6) is 0 Å². The van der Waals surface area contributed by atoms with Gasteiger partial charge in [-0.15, -0.1) is 0 Å². The van der Waals surface area contributed by atoms with E-state index in [9.17, 15) is 21.0 Å². The van der Waals surface area contributed by atoms with E-state index < -0.39 is 36.6 Å². The number of hydrogen-bond acceptors (Lipinski definition) is 16. The molecule has 0 bridgehead atoms. The minimum atomic E-state index is -1.16. The third-order valence-corrected chi connectivity index (χ3v) is 6.17. The van der Waals surface area contributed by atoms with Crippen LogP contribution in [0.25, 0.3) is 0 Å². The van der Waals surface area contributed by atoms with Crippen LogP contribution in [0.15, 0.2) is 0 Å². The SMILES string of the molecule is N#CCCOCC(OCCC#N)C(OCCC#N)C(OCCC#N)C(OCCC#N)C(OCCC#N)C(COCCC#N)OCCC#N. The van der Waals surface area contributed by atoms with E-state index in [2.05, 4.69) is 0 Å². The Balaban J connectivity index is 7.18. The Morgan fingerprint density at radius 1 is 0.292 bits per heavy atom. The lowest BCUT2D eigenvalue weighted by molar-refractivity contribution is -0.227. The van der Waals surface area contributed by atoms with Gasteiger partial charge in [0.1, 0.15) is 36.6 Å². The summed E-state index contributed by atoms with van der Waals surface area (Å²) >= 11 is 0. The topological polar surface area (TPSA) is 264 Å². The molecule has 6 unspecified atom stereocenters. The number of ether oxygens (including phenoxy) is 8. The predicted molar refractivity (Wildman–Crippen MR) is 162 cm³/mol. The monoisotopic (exact) mass is 666 g/mol. The molecule has 0 aliphatic rings. The van der Waals surface area contributed by atoms with Crippen molar-refractivity contribution >= 4 is 0 Å². The molecule has 0 aromatic rings. The fourth-order valence-corrected chi connectivity index (χ4v) is 4.17. The first-order valence-corrected chi connectivity index (χ1v) is 15.4. The van der Waals surface area contributed by atoms with E-state index in [0.29, 0.717) is 0 Å². The van der Waals surface area contributed by atoms with Gasteiger partial charge in [-0.05, 0) is 0 Å². The lowest BCUT2D eigenvalue weighted by Gasteiger charge is -2.41. The van der Waals surface area contributed by atoms with Gasteiger partial charge in [-0.25, -0.2) is 0 Å². The van der Waals surface area contributed by atoms with Gasteiger partial charge in [0.15, 0.2) is 0 Å². The fraction of sp³-hybridized carbons (Fsp3) is 0.750. The van der Waals surface area contributed by atoms with Crippen LogP contribution in [0.1, 0.15) is 51.4 Å². The Labute approximate surface area is 282 Å². The first-order chi connectivity index (χ1) is 23.6. The normalized spacial score (nSPS) is 14.1. The summed E-state index contributed by atoms with van der Waals surface area (Å²) in [4.78, 5) is 0. The lowest BCUT2D eigenvalue weighted by Crippen LogP contribution is -2.58. The third kappa shape index (κ3) is 20.7. The molecular formula is C32H42N8O8. The first-order valence-electron chi connectivity index (χ1n) is 15.4. The van der Waals surface area contributed by atoms with Crippen LogP contribution in [0.4, 0.5) is 0 Å². The highest BCUT2D eigenvalue weighted by molar-refractivity contribution is 4.95. The summed E-state index contributed by atoms with van der Waals surface area (Å²) in [7, 11) is 0. The van der Waals surface area contributed by atoms with E-state index in [-0.39, 0.29) is 117 Å². The molecule has 0 aliphatic carbocycles. The Hall–Kier alpha value is -4.40. The van der Waals surface area contributed by atoms with E-state index in [1.54, 1.807) is 0 Å². The van der Waals surface area contributed by atoms with Gasteiger partial charge in [-0.1, -0.05) is 0 Å². The molecule has 0 radical (unpaired) electrons. The average molecular weight is 667 g/mol. The average Bonchev–Trinajstić information content (AvgIpc) is 3.09. The molecule has 0 spiro atoms. The summed E-state index contributed by atoms with van der Waals surface area (Å²) in [6.45, 7) is -0.547. The molecule has 6 atom stereocenters. The maximum Gasteiger partial charge on any atom is 0.115 e. The van der Waals surface area contributed by atoms with E-state index in [0.717, 1.165) is 0 Å². The zero-order valence-corrected chi connectivity index (χ0v) is 27.0. The summed E-state index contributed by atoms with van der Waals surface area (Å²) in [5, 5.41) is 73.5. The molecule has 0 rings (SSSR count). The standard InChI is InChI=1S/C32H42N8O8/c33-9-1-17-41-25-27(43-19-3-11-35)29(45-21-5-13-37)31(47-23-7-15-39)32(48-24-8-16-40)30(46-22-6-14-38)28(44-20-4-12-36)26-42-18-2-10-34/h27-32H,1-8,17-26H2.